The summed E-state index contributed by atoms with van der Waals surface area (Å²) in [6, 6.07) is 33.0. The van der Waals surface area contributed by atoms with Crippen molar-refractivity contribution < 1.29 is 0 Å². The fourth-order valence-corrected chi connectivity index (χ4v) is 3.78. The molecule has 1 aliphatic rings. The van der Waals surface area contributed by atoms with Gasteiger partial charge in [-0.15, -0.1) is 0 Å². The second-order valence-electron chi connectivity index (χ2n) is 6.51. The van der Waals surface area contributed by atoms with E-state index in [4.69, 9.17) is 5.32 Å². The zero-order chi connectivity index (χ0) is 16.9. The Balaban J connectivity index is 1.82. The topological polar surface area (TPSA) is 17.3 Å². The van der Waals surface area contributed by atoms with Crippen LogP contribution in [0.15, 0.2) is 91.0 Å². The zero-order valence-corrected chi connectivity index (χ0v) is 14.3. The molecule has 1 fully saturated rings. The fourth-order valence-electron chi connectivity index (χ4n) is 3.78. The van der Waals surface area contributed by atoms with E-state index in [0.29, 0.717) is 6.04 Å². The molecule has 2 nitrogen and oxygen atoms in total. The van der Waals surface area contributed by atoms with E-state index in [9.17, 15) is 0 Å². The Labute approximate surface area is 150 Å². The zero-order valence-electron chi connectivity index (χ0n) is 14.3. The number of anilines is 1. The molecule has 0 aliphatic carbocycles. The summed E-state index contributed by atoms with van der Waals surface area (Å²) in [7, 11) is 0. The highest BCUT2D eigenvalue weighted by Gasteiger charge is 2.31. The highest BCUT2D eigenvalue weighted by Crippen LogP contribution is 2.38. The van der Waals surface area contributed by atoms with E-state index in [1.54, 1.807) is 0 Å². The molecule has 1 radical (unpaired) electrons. The minimum atomic E-state index is 0.260. The summed E-state index contributed by atoms with van der Waals surface area (Å²) in [6.07, 6.45) is 1.04. The lowest BCUT2D eigenvalue weighted by Crippen LogP contribution is -2.34. The van der Waals surface area contributed by atoms with Crippen LogP contribution in [0.25, 0.3) is 0 Å². The van der Waals surface area contributed by atoms with Crippen LogP contribution in [0.5, 0.6) is 0 Å². The second kappa shape index (κ2) is 7.54. The molecule has 0 amide bonds. The van der Waals surface area contributed by atoms with Crippen LogP contribution in [0.3, 0.4) is 0 Å². The molecule has 2 atom stereocenters. The quantitative estimate of drug-likeness (QED) is 0.663. The lowest BCUT2D eigenvalue weighted by Gasteiger charge is -2.38. The molecule has 1 saturated heterocycles. The molecule has 4 rings (SSSR count). The standard InChI is InChI=1S/C23H23N2/c1-4-10-19(11-5-1)22-16-17-24-18-23(20-12-6-2-7-13-20)25(22)21-14-8-3-9-15-21/h1-15,22-23H,16-18H2. The molecule has 1 aliphatic heterocycles. The van der Waals surface area contributed by atoms with E-state index in [0.717, 1.165) is 19.5 Å². The van der Waals surface area contributed by atoms with E-state index >= 15 is 0 Å². The monoisotopic (exact) mass is 327 g/mol. The number of para-hydroxylation sites is 1. The summed E-state index contributed by atoms with van der Waals surface area (Å²) in [6.45, 7) is 1.74. The van der Waals surface area contributed by atoms with Gasteiger partial charge in [0.05, 0.1) is 12.1 Å². The highest BCUT2D eigenvalue weighted by molar-refractivity contribution is 5.52. The highest BCUT2D eigenvalue weighted by atomic mass is 15.2. The van der Waals surface area contributed by atoms with E-state index in [1.165, 1.54) is 16.8 Å². The molecule has 2 heteroatoms. The molecule has 0 bridgehead atoms. The second-order valence-corrected chi connectivity index (χ2v) is 6.51. The van der Waals surface area contributed by atoms with Crippen LogP contribution in [0.1, 0.15) is 29.6 Å². The van der Waals surface area contributed by atoms with Crippen LogP contribution in [-0.2, 0) is 0 Å². The molecule has 0 N–H and O–H groups in total. The number of benzene rings is 3. The molecule has 125 valence electrons. The summed E-state index contributed by atoms with van der Waals surface area (Å²) >= 11 is 0. The van der Waals surface area contributed by atoms with Gasteiger partial charge < -0.3 is 4.90 Å². The lowest BCUT2D eigenvalue weighted by molar-refractivity contribution is 0.553. The minimum Gasteiger partial charge on any atom is -0.356 e. The van der Waals surface area contributed by atoms with Crippen molar-refractivity contribution in [1.29, 1.82) is 0 Å². The van der Waals surface area contributed by atoms with Gasteiger partial charge in [0.15, 0.2) is 0 Å². The van der Waals surface area contributed by atoms with Gasteiger partial charge in [0, 0.05) is 18.8 Å². The van der Waals surface area contributed by atoms with Crippen LogP contribution in [0.2, 0.25) is 0 Å². The average Bonchev–Trinajstić information content (AvgIpc) is 2.93. The maximum Gasteiger partial charge on any atom is 0.0690 e. The summed E-state index contributed by atoms with van der Waals surface area (Å²) in [4.78, 5) is 2.57. The molecule has 0 saturated carbocycles. The molecule has 2 unspecified atom stereocenters. The Kier molecular flexibility index (Phi) is 4.80. The normalized spacial score (nSPS) is 20.9. The van der Waals surface area contributed by atoms with Crippen LogP contribution in [-0.4, -0.2) is 13.1 Å². The van der Waals surface area contributed by atoms with Crippen molar-refractivity contribution in [3.05, 3.63) is 102 Å². The summed E-state index contributed by atoms with van der Waals surface area (Å²) in [5, 5.41) is 4.84. The summed E-state index contributed by atoms with van der Waals surface area (Å²) in [5.41, 5.74) is 3.96. The number of hydrogen-bond donors (Lipinski definition) is 0. The Morgan fingerprint density at radius 3 is 1.76 bits per heavy atom. The number of hydrogen-bond acceptors (Lipinski definition) is 1. The van der Waals surface area contributed by atoms with Crippen molar-refractivity contribution in [3.63, 3.8) is 0 Å². The lowest BCUT2D eigenvalue weighted by atomic mass is 9.97. The first-order chi connectivity index (χ1) is 12.4. The summed E-state index contributed by atoms with van der Waals surface area (Å²) in [5.74, 6) is 0. The predicted molar refractivity (Wildman–Crippen MR) is 104 cm³/mol. The third-order valence-electron chi connectivity index (χ3n) is 4.96. The van der Waals surface area contributed by atoms with Crippen LogP contribution >= 0.6 is 0 Å². The molecular formula is C23H23N2. The number of nitrogens with zero attached hydrogens (tertiary/aromatic N) is 2. The van der Waals surface area contributed by atoms with Crippen LogP contribution in [0.4, 0.5) is 5.69 Å². The van der Waals surface area contributed by atoms with Gasteiger partial charge in [-0.1, -0.05) is 78.9 Å². The first kappa shape index (κ1) is 15.9. The van der Waals surface area contributed by atoms with Gasteiger partial charge in [0.1, 0.15) is 0 Å². The van der Waals surface area contributed by atoms with Crippen molar-refractivity contribution in [3.8, 4) is 0 Å². The predicted octanol–water partition coefficient (Wildman–Crippen LogP) is 4.98. The van der Waals surface area contributed by atoms with Crippen LogP contribution in [0, 0.1) is 0 Å². The molecule has 3 aromatic carbocycles. The maximum absolute atomic E-state index is 4.84. The first-order valence-corrected chi connectivity index (χ1v) is 9.00. The molecule has 1 heterocycles. The Hall–Kier alpha value is -2.58. The molecular weight excluding hydrogens is 304 g/mol. The Bertz CT molecular complexity index is 721. The van der Waals surface area contributed by atoms with Gasteiger partial charge >= 0.3 is 0 Å². The van der Waals surface area contributed by atoms with Gasteiger partial charge in [-0.3, -0.25) is 0 Å². The van der Waals surface area contributed by atoms with Gasteiger partial charge in [-0.2, -0.15) is 0 Å². The van der Waals surface area contributed by atoms with Gasteiger partial charge in [-0.05, 0) is 29.7 Å². The van der Waals surface area contributed by atoms with Gasteiger partial charge in [0.25, 0.3) is 0 Å². The number of rotatable bonds is 3. The van der Waals surface area contributed by atoms with Gasteiger partial charge in [0.2, 0.25) is 0 Å². The molecule has 0 spiro atoms. The first-order valence-electron chi connectivity index (χ1n) is 9.00. The summed E-state index contributed by atoms with van der Waals surface area (Å²) < 4.78 is 0. The van der Waals surface area contributed by atoms with E-state index in [-0.39, 0.29) is 6.04 Å². The van der Waals surface area contributed by atoms with Crippen molar-refractivity contribution in [2.75, 3.05) is 18.0 Å². The molecule has 0 aromatic heterocycles. The fraction of sp³-hybridized carbons (Fsp3) is 0.217. The third kappa shape index (κ3) is 3.45. The molecule has 25 heavy (non-hydrogen) atoms. The van der Waals surface area contributed by atoms with Crippen LogP contribution < -0.4 is 10.2 Å². The SMILES string of the molecule is c1ccc(C2CC[N]CC(c3ccccc3)N2c2ccccc2)cc1. The van der Waals surface area contributed by atoms with Crippen molar-refractivity contribution in [2.24, 2.45) is 0 Å². The smallest absolute Gasteiger partial charge is 0.0690 e. The minimum absolute atomic E-state index is 0.260. The average molecular weight is 327 g/mol. The van der Waals surface area contributed by atoms with Gasteiger partial charge in [-0.25, -0.2) is 5.32 Å². The van der Waals surface area contributed by atoms with Crippen molar-refractivity contribution >= 4 is 5.69 Å². The largest absolute Gasteiger partial charge is 0.356 e. The maximum atomic E-state index is 4.84. The van der Waals surface area contributed by atoms with Crippen molar-refractivity contribution in [2.45, 2.75) is 18.5 Å². The molecule has 3 aromatic rings. The van der Waals surface area contributed by atoms with Crippen molar-refractivity contribution in [1.82, 2.24) is 5.32 Å². The third-order valence-corrected chi connectivity index (χ3v) is 4.96. The van der Waals surface area contributed by atoms with E-state index in [2.05, 4.69) is 95.9 Å². The van der Waals surface area contributed by atoms with E-state index in [1.807, 2.05) is 0 Å². The Morgan fingerprint density at radius 1 is 0.640 bits per heavy atom. The van der Waals surface area contributed by atoms with E-state index < -0.39 is 0 Å². The Morgan fingerprint density at radius 2 is 1.16 bits per heavy atom.